The molecule has 0 aromatic carbocycles. The summed E-state index contributed by atoms with van der Waals surface area (Å²) in [4.78, 5) is 71.7. The third kappa shape index (κ3) is 53.4. The predicted octanol–water partition coefficient (Wildman–Crippen LogP) is 16.0. The summed E-state index contributed by atoms with van der Waals surface area (Å²) >= 11 is 0. The van der Waals surface area contributed by atoms with Crippen molar-refractivity contribution in [3.8, 4) is 0 Å². The molecule has 0 aromatic heterocycles. The van der Waals surface area contributed by atoms with Gasteiger partial charge in [-0.3, -0.25) is 37.3 Å². The number of unbranched alkanes of at least 4 members (excludes halogenated alkanes) is 34. The van der Waals surface area contributed by atoms with E-state index < -0.39 is 97.5 Å². The molecule has 0 radical (unpaired) electrons. The lowest BCUT2D eigenvalue weighted by Gasteiger charge is -2.21. The van der Waals surface area contributed by atoms with Crippen molar-refractivity contribution in [2.45, 2.75) is 316 Å². The molecule has 0 heterocycles. The van der Waals surface area contributed by atoms with Crippen molar-refractivity contribution in [1.29, 1.82) is 0 Å². The van der Waals surface area contributed by atoms with Crippen LogP contribution in [0.15, 0.2) is 0 Å². The molecule has 5 atom stereocenters. The second kappa shape index (κ2) is 54.3. The first kappa shape index (κ1) is 76.1. The number of phosphoric acid groups is 2. The van der Waals surface area contributed by atoms with Gasteiger partial charge in [-0.05, 0) is 25.7 Å². The zero-order valence-electron chi connectivity index (χ0n) is 49.6. The van der Waals surface area contributed by atoms with E-state index in [2.05, 4.69) is 27.7 Å². The van der Waals surface area contributed by atoms with Crippen molar-refractivity contribution in [1.82, 2.24) is 0 Å². The molecule has 0 rings (SSSR count). The lowest BCUT2D eigenvalue weighted by atomic mass is 10.0. The number of hydrogen-bond donors (Lipinski definition) is 3. The molecule has 462 valence electrons. The summed E-state index contributed by atoms with van der Waals surface area (Å²) in [6.07, 6.45) is 37.7. The van der Waals surface area contributed by atoms with E-state index in [0.717, 1.165) is 109 Å². The number of aliphatic hydroxyl groups excluding tert-OH is 1. The van der Waals surface area contributed by atoms with Gasteiger partial charge in [0.1, 0.15) is 19.3 Å². The lowest BCUT2D eigenvalue weighted by Crippen LogP contribution is -2.30. The Morgan fingerprint density at radius 1 is 0.308 bits per heavy atom. The van der Waals surface area contributed by atoms with Crippen LogP contribution >= 0.6 is 15.6 Å². The van der Waals surface area contributed by atoms with Gasteiger partial charge in [0.25, 0.3) is 0 Å². The summed E-state index contributed by atoms with van der Waals surface area (Å²) in [7, 11) is -9.86. The van der Waals surface area contributed by atoms with E-state index >= 15 is 0 Å². The number of rotatable bonds is 60. The molecule has 19 heteroatoms. The van der Waals surface area contributed by atoms with Crippen LogP contribution in [0.4, 0.5) is 0 Å². The van der Waals surface area contributed by atoms with Crippen molar-refractivity contribution in [3.05, 3.63) is 0 Å². The monoisotopic (exact) mass is 1160 g/mol. The molecular formula is C59H114O17P2. The van der Waals surface area contributed by atoms with Crippen LogP contribution in [0.3, 0.4) is 0 Å². The quantitative estimate of drug-likeness (QED) is 0.0222. The van der Waals surface area contributed by atoms with Gasteiger partial charge in [0.15, 0.2) is 12.2 Å². The van der Waals surface area contributed by atoms with Gasteiger partial charge >= 0.3 is 39.5 Å². The SMILES string of the molecule is CCCCCCCCCCCCCCCCC(=O)O[C@H](COC(=O)CCCCCCCCCCC)COP(=O)(O)OC[C@@H](O)COP(=O)(O)OC[C@@H](COC(=O)CCCCCCCCC)OC(=O)CCCCCCCCCC. The van der Waals surface area contributed by atoms with Gasteiger partial charge in [0.2, 0.25) is 0 Å². The highest BCUT2D eigenvalue weighted by Gasteiger charge is 2.30. The smallest absolute Gasteiger partial charge is 0.462 e. The number of carbonyl (C=O) groups is 4. The molecule has 78 heavy (non-hydrogen) atoms. The van der Waals surface area contributed by atoms with Crippen molar-refractivity contribution < 1.29 is 80.2 Å². The molecule has 0 spiro atoms. The van der Waals surface area contributed by atoms with E-state index in [1.54, 1.807) is 0 Å². The van der Waals surface area contributed by atoms with Crippen LogP contribution in [0.25, 0.3) is 0 Å². The fraction of sp³-hybridized carbons (Fsp3) is 0.932. The Labute approximate surface area is 473 Å². The van der Waals surface area contributed by atoms with Crippen LogP contribution in [0.2, 0.25) is 0 Å². The van der Waals surface area contributed by atoms with Gasteiger partial charge in [-0.15, -0.1) is 0 Å². The second-order valence-corrected chi connectivity index (χ2v) is 24.3. The maximum absolute atomic E-state index is 12.9. The van der Waals surface area contributed by atoms with E-state index in [4.69, 9.17) is 37.0 Å². The molecule has 0 saturated carbocycles. The number of phosphoric ester groups is 2. The van der Waals surface area contributed by atoms with Gasteiger partial charge in [-0.2, -0.15) is 0 Å². The molecule has 0 amide bonds. The lowest BCUT2D eigenvalue weighted by molar-refractivity contribution is -0.161. The van der Waals surface area contributed by atoms with Gasteiger partial charge in [-0.1, -0.05) is 246 Å². The molecule has 3 N–H and O–H groups in total. The number of carbonyl (C=O) groups excluding carboxylic acids is 4. The summed E-state index contributed by atoms with van der Waals surface area (Å²) in [5, 5.41) is 10.5. The Bertz CT molecular complexity index is 1520. The molecule has 0 aliphatic heterocycles. The van der Waals surface area contributed by atoms with Crippen LogP contribution in [0.5, 0.6) is 0 Å². The number of aliphatic hydroxyl groups is 1. The summed E-state index contributed by atoms with van der Waals surface area (Å²) in [5.41, 5.74) is 0. The zero-order valence-corrected chi connectivity index (χ0v) is 51.4. The van der Waals surface area contributed by atoms with Crippen LogP contribution in [0, 0.1) is 0 Å². The van der Waals surface area contributed by atoms with Crippen LogP contribution < -0.4 is 0 Å². The standard InChI is InChI=1S/C59H114O17P2/c1-5-9-13-17-21-24-25-26-27-28-30-34-38-42-46-59(64)76-55(50-70-57(62)44-40-36-33-29-22-18-14-10-6-2)52-74-78(67,68)72-48-53(60)47-71-77(65,66)73-51-54(49-69-56(61)43-39-35-31-20-16-12-8-4)75-58(63)45-41-37-32-23-19-15-11-7-3/h53-55,60H,5-52H2,1-4H3,(H,65,66)(H,67,68)/t53-,54+,55+/m0/s1. The highest BCUT2D eigenvalue weighted by molar-refractivity contribution is 7.47. The molecule has 17 nitrogen and oxygen atoms in total. The third-order valence-corrected chi connectivity index (χ3v) is 15.5. The van der Waals surface area contributed by atoms with Crippen molar-refractivity contribution >= 4 is 39.5 Å². The van der Waals surface area contributed by atoms with E-state index in [-0.39, 0.29) is 25.7 Å². The van der Waals surface area contributed by atoms with Crippen molar-refractivity contribution in [2.24, 2.45) is 0 Å². The molecule has 0 bridgehead atoms. The molecule has 0 aliphatic carbocycles. The average Bonchev–Trinajstić information content (AvgIpc) is 3.41. The van der Waals surface area contributed by atoms with Crippen molar-refractivity contribution in [3.63, 3.8) is 0 Å². The first-order valence-electron chi connectivity index (χ1n) is 31.3. The minimum atomic E-state index is -4.94. The van der Waals surface area contributed by atoms with Gasteiger partial charge in [0, 0.05) is 25.7 Å². The Hall–Kier alpha value is -1.94. The maximum atomic E-state index is 12.9. The molecule has 0 aliphatic rings. The second-order valence-electron chi connectivity index (χ2n) is 21.4. The molecule has 0 aromatic rings. The third-order valence-electron chi connectivity index (χ3n) is 13.6. The number of esters is 4. The van der Waals surface area contributed by atoms with E-state index in [1.807, 2.05) is 0 Å². The summed E-state index contributed by atoms with van der Waals surface area (Å²) in [6.45, 7) is 4.78. The zero-order chi connectivity index (χ0) is 57.6. The Morgan fingerprint density at radius 3 is 0.756 bits per heavy atom. The molecule has 0 saturated heterocycles. The highest BCUT2D eigenvalue weighted by Crippen LogP contribution is 2.45. The van der Waals surface area contributed by atoms with Crippen LogP contribution in [-0.2, 0) is 65.4 Å². The maximum Gasteiger partial charge on any atom is 0.472 e. The van der Waals surface area contributed by atoms with Crippen LogP contribution in [0.1, 0.15) is 297 Å². The normalized spacial score (nSPS) is 14.3. The summed E-state index contributed by atoms with van der Waals surface area (Å²) in [6, 6.07) is 0. The van der Waals surface area contributed by atoms with Gasteiger partial charge < -0.3 is 33.8 Å². The number of ether oxygens (including phenoxy) is 4. The first-order valence-corrected chi connectivity index (χ1v) is 34.3. The van der Waals surface area contributed by atoms with Crippen LogP contribution in [-0.4, -0.2) is 96.7 Å². The van der Waals surface area contributed by atoms with Crippen molar-refractivity contribution in [2.75, 3.05) is 39.6 Å². The van der Waals surface area contributed by atoms with E-state index in [0.29, 0.717) is 25.7 Å². The first-order chi connectivity index (χ1) is 37.7. The number of hydrogen-bond acceptors (Lipinski definition) is 15. The van der Waals surface area contributed by atoms with E-state index in [1.165, 1.54) is 109 Å². The summed E-state index contributed by atoms with van der Waals surface area (Å²) in [5.74, 6) is -2.15. The molecular weight excluding hydrogens is 1040 g/mol. The molecule has 2 unspecified atom stereocenters. The fourth-order valence-electron chi connectivity index (χ4n) is 8.75. The van der Waals surface area contributed by atoms with Gasteiger partial charge in [0.05, 0.1) is 26.4 Å². The predicted molar refractivity (Wildman–Crippen MR) is 308 cm³/mol. The fourth-order valence-corrected chi connectivity index (χ4v) is 10.3. The largest absolute Gasteiger partial charge is 0.472 e. The highest BCUT2D eigenvalue weighted by atomic mass is 31.2. The minimum absolute atomic E-state index is 0.105. The minimum Gasteiger partial charge on any atom is -0.462 e. The Morgan fingerprint density at radius 2 is 0.513 bits per heavy atom. The molecule has 0 fully saturated rings. The average molecular weight is 1160 g/mol. The van der Waals surface area contributed by atoms with E-state index in [9.17, 15) is 43.2 Å². The van der Waals surface area contributed by atoms with Gasteiger partial charge in [-0.25, -0.2) is 9.13 Å². The summed E-state index contributed by atoms with van der Waals surface area (Å²) < 4.78 is 67.6. The topological polar surface area (TPSA) is 237 Å². The Balaban J connectivity index is 5.18. The Kier molecular flexibility index (Phi) is 53.0.